The molecule has 0 bridgehead atoms. The highest BCUT2D eigenvalue weighted by Gasteiger charge is 2.57. The highest BCUT2D eigenvalue weighted by molar-refractivity contribution is 14.1. The molecule has 0 saturated heterocycles. The second kappa shape index (κ2) is 17.9. The standard InChI is InChI=1S/C71H86BIN2O/c1-19-71(18)55(36-43(2)68(71,12)13)46-28-34-58-56(37-46)72-62-59(74(58)51-32-26-45(27-33-51)54-39-50(42-73)69(14,15)70(54,16)17)40-49(67(9,10)11)41-60(62)75(63-52-22-20-21-23-61(52)76-64(63)72)57-35-31-48(66(6,7)8)38-53(57)44-24-29-47(30-25-44)65(3,4)5/h20-35,37-38,40-41,43,50,54-55H,19,36,39,42H2,1-18H3. The molecule has 5 atom stereocenters. The fraction of sp³-hybridized carbons (Fsp3) is 0.465. The van der Waals surface area contributed by atoms with Gasteiger partial charge in [0.15, 0.2) is 0 Å². The van der Waals surface area contributed by atoms with Gasteiger partial charge in [-0.3, -0.25) is 0 Å². The SMILES string of the molecule is CCC1(C)C(c2ccc3c(c2)B2c4oc5ccccc5c4N(c4ccc(C(C)(C)C)cc4-c4ccc(C(C)(C)C)cc4)c4cc(C(C)(C)C)cc(c42)N3c2ccc(C3CC(CI)C(C)(C)C3(C)C)cc2)CC(C)C1(C)C. The van der Waals surface area contributed by atoms with E-state index in [2.05, 4.69) is 278 Å². The molecular formula is C71H86BIN2O. The third-order valence-corrected chi connectivity index (χ3v) is 22.7. The number of halogens is 1. The molecule has 396 valence electrons. The first-order valence-electron chi connectivity index (χ1n) is 28.9. The van der Waals surface area contributed by atoms with Gasteiger partial charge in [0.2, 0.25) is 0 Å². The van der Waals surface area contributed by atoms with Crippen molar-refractivity contribution in [3.05, 3.63) is 149 Å². The minimum Gasteiger partial charge on any atom is -0.468 e. The van der Waals surface area contributed by atoms with Crippen LogP contribution in [0, 0.1) is 33.5 Å². The first-order valence-corrected chi connectivity index (χ1v) is 30.4. The molecule has 6 aromatic carbocycles. The summed E-state index contributed by atoms with van der Waals surface area (Å²) in [6, 6.07) is 48.2. The first-order chi connectivity index (χ1) is 35.5. The predicted octanol–water partition coefficient (Wildman–Crippen LogP) is 19.2. The van der Waals surface area contributed by atoms with E-state index in [0.717, 1.165) is 28.7 Å². The van der Waals surface area contributed by atoms with Crippen molar-refractivity contribution >= 4 is 91.0 Å². The molecular weight excluding hydrogens is 1030 g/mol. The average molecular weight is 1120 g/mol. The Hall–Kier alpha value is -4.75. The Morgan fingerprint density at radius 1 is 0.579 bits per heavy atom. The molecule has 2 aliphatic heterocycles. The van der Waals surface area contributed by atoms with Crippen LogP contribution in [-0.4, -0.2) is 11.1 Å². The normalized spacial score (nSPS) is 23.5. The molecule has 5 heteroatoms. The lowest BCUT2D eigenvalue weighted by Crippen LogP contribution is -2.61. The Morgan fingerprint density at radius 2 is 1.17 bits per heavy atom. The van der Waals surface area contributed by atoms with Crippen molar-refractivity contribution in [3.63, 3.8) is 0 Å². The van der Waals surface area contributed by atoms with Crippen LogP contribution in [0.1, 0.15) is 184 Å². The van der Waals surface area contributed by atoms with E-state index in [9.17, 15) is 0 Å². The summed E-state index contributed by atoms with van der Waals surface area (Å²) >= 11 is 2.64. The summed E-state index contributed by atoms with van der Waals surface area (Å²) in [4.78, 5) is 5.27. The number of fused-ring (bicyclic) bond motifs is 6. The highest BCUT2D eigenvalue weighted by Crippen LogP contribution is 2.65. The number of rotatable bonds is 7. The summed E-state index contributed by atoms with van der Waals surface area (Å²) in [5.74, 6) is 2.21. The summed E-state index contributed by atoms with van der Waals surface area (Å²) in [5.41, 5.74) is 21.7. The number of para-hydroxylation sites is 1. The van der Waals surface area contributed by atoms with Crippen molar-refractivity contribution in [1.29, 1.82) is 0 Å². The van der Waals surface area contributed by atoms with Crippen molar-refractivity contribution < 1.29 is 4.42 Å². The molecule has 0 N–H and O–H groups in total. The molecule has 2 saturated carbocycles. The Morgan fingerprint density at radius 3 is 1.78 bits per heavy atom. The van der Waals surface area contributed by atoms with E-state index < -0.39 is 0 Å². The zero-order valence-corrected chi connectivity index (χ0v) is 51.6. The summed E-state index contributed by atoms with van der Waals surface area (Å²) < 4.78 is 8.70. The van der Waals surface area contributed by atoms with Crippen molar-refractivity contribution in [1.82, 2.24) is 0 Å². The van der Waals surface area contributed by atoms with E-state index in [4.69, 9.17) is 4.42 Å². The molecule has 76 heavy (non-hydrogen) atoms. The van der Waals surface area contributed by atoms with E-state index in [0.29, 0.717) is 23.7 Å². The lowest BCUT2D eigenvalue weighted by Gasteiger charge is -2.45. The van der Waals surface area contributed by atoms with E-state index in [1.54, 1.807) is 0 Å². The van der Waals surface area contributed by atoms with Crippen LogP contribution in [0.5, 0.6) is 0 Å². The number of benzene rings is 6. The molecule has 1 aromatic heterocycles. The molecule has 5 unspecified atom stereocenters. The second-order valence-corrected chi connectivity index (χ2v) is 30.0. The van der Waals surface area contributed by atoms with Crippen LogP contribution in [0.2, 0.25) is 0 Å². The lowest BCUT2D eigenvalue weighted by molar-refractivity contribution is 0.0789. The van der Waals surface area contributed by atoms with Crippen molar-refractivity contribution in [2.75, 3.05) is 14.2 Å². The summed E-state index contributed by atoms with van der Waals surface area (Å²) in [6.07, 6.45) is 3.55. The Bertz CT molecular complexity index is 3390. The summed E-state index contributed by atoms with van der Waals surface area (Å²) in [5, 5.41) is 1.14. The van der Waals surface area contributed by atoms with Crippen LogP contribution in [0.4, 0.5) is 34.1 Å². The van der Waals surface area contributed by atoms with Gasteiger partial charge >= 0.3 is 0 Å². The number of hydrogen-bond acceptors (Lipinski definition) is 3. The summed E-state index contributed by atoms with van der Waals surface area (Å²) in [6.45, 7) is 43.6. The molecule has 2 fully saturated rings. The van der Waals surface area contributed by atoms with Gasteiger partial charge in [-0.15, -0.1) is 0 Å². The van der Waals surface area contributed by atoms with Gasteiger partial charge in [-0.1, -0.05) is 214 Å². The molecule has 2 aliphatic carbocycles. The van der Waals surface area contributed by atoms with Gasteiger partial charge in [0.05, 0.1) is 17.0 Å². The van der Waals surface area contributed by atoms with E-state index in [1.165, 1.54) is 95.6 Å². The van der Waals surface area contributed by atoms with Crippen LogP contribution >= 0.6 is 22.6 Å². The van der Waals surface area contributed by atoms with Gasteiger partial charge < -0.3 is 14.2 Å². The third-order valence-electron chi connectivity index (χ3n) is 21.6. The minimum atomic E-state index is -0.153. The minimum absolute atomic E-state index is 0.0408. The molecule has 7 aromatic rings. The van der Waals surface area contributed by atoms with E-state index in [1.807, 2.05) is 0 Å². The number of nitrogens with zero attached hydrogens (tertiary/aromatic N) is 2. The molecule has 3 nitrogen and oxygen atoms in total. The Balaban J connectivity index is 1.21. The fourth-order valence-electron chi connectivity index (χ4n) is 14.8. The zero-order chi connectivity index (χ0) is 54.6. The van der Waals surface area contributed by atoms with Gasteiger partial charge in [-0.2, -0.15) is 0 Å². The Labute approximate surface area is 472 Å². The maximum absolute atomic E-state index is 7.51. The fourth-order valence-corrected chi connectivity index (χ4v) is 16.3. The number of hydrogen-bond donors (Lipinski definition) is 0. The number of anilines is 6. The van der Waals surface area contributed by atoms with Crippen molar-refractivity contribution in [2.45, 2.75) is 172 Å². The number of furan rings is 1. The van der Waals surface area contributed by atoms with Gasteiger partial charge in [-0.05, 0) is 180 Å². The molecule has 0 spiro atoms. The van der Waals surface area contributed by atoms with Gasteiger partial charge in [0.1, 0.15) is 5.58 Å². The average Bonchev–Trinajstić information content (AvgIpc) is 4.02. The van der Waals surface area contributed by atoms with Crippen LogP contribution in [0.15, 0.2) is 126 Å². The van der Waals surface area contributed by atoms with Crippen LogP contribution in [0.3, 0.4) is 0 Å². The topological polar surface area (TPSA) is 19.6 Å². The molecule has 0 amide bonds. The first kappa shape index (κ1) is 53.3. The molecule has 0 radical (unpaired) electrons. The maximum atomic E-state index is 7.51. The van der Waals surface area contributed by atoms with E-state index in [-0.39, 0.29) is 44.6 Å². The van der Waals surface area contributed by atoms with Gasteiger partial charge in [0.25, 0.3) is 6.71 Å². The second-order valence-electron chi connectivity index (χ2n) is 29.1. The van der Waals surface area contributed by atoms with Crippen molar-refractivity contribution in [3.8, 4) is 11.1 Å². The monoisotopic (exact) mass is 1120 g/mol. The molecule has 3 heterocycles. The third kappa shape index (κ3) is 7.97. The quantitative estimate of drug-likeness (QED) is 0.0901. The number of alkyl halides is 1. The highest BCUT2D eigenvalue weighted by atomic mass is 127. The van der Waals surface area contributed by atoms with E-state index >= 15 is 0 Å². The maximum Gasteiger partial charge on any atom is 0.297 e. The molecule has 11 rings (SSSR count). The Kier molecular flexibility index (Phi) is 12.5. The largest absolute Gasteiger partial charge is 0.468 e. The zero-order valence-electron chi connectivity index (χ0n) is 49.4. The van der Waals surface area contributed by atoms with Gasteiger partial charge in [0, 0.05) is 38.1 Å². The predicted molar refractivity (Wildman–Crippen MR) is 338 cm³/mol. The smallest absolute Gasteiger partial charge is 0.297 e. The van der Waals surface area contributed by atoms with Crippen LogP contribution < -0.4 is 26.4 Å². The van der Waals surface area contributed by atoms with Crippen molar-refractivity contribution in [2.24, 2.45) is 33.5 Å². The van der Waals surface area contributed by atoms with Crippen LogP contribution in [-0.2, 0) is 16.2 Å². The lowest BCUT2D eigenvalue weighted by atomic mass is 9.35. The van der Waals surface area contributed by atoms with Crippen LogP contribution in [0.25, 0.3) is 22.1 Å². The van der Waals surface area contributed by atoms with Gasteiger partial charge in [-0.25, -0.2) is 0 Å². The summed E-state index contributed by atoms with van der Waals surface area (Å²) in [7, 11) is 0. The molecule has 4 aliphatic rings.